The molecule has 190 valence electrons. The monoisotopic (exact) mass is 498 g/mol. The number of carbonyl (C=O) groups excluding carboxylic acids is 2. The number of carboxylic acid groups (broad SMARTS) is 2. The summed E-state index contributed by atoms with van der Waals surface area (Å²) in [6, 6.07) is 6.05. The number of ether oxygens (including phenoxy) is 1. The number of carboxylic acids is 2. The van der Waals surface area contributed by atoms with Crippen molar-refractivity contribution in [2.45, 2.75) is 65.3 Å². The highest BCUT2D eigenvalue weighted by molar-refractivity contribution is 6.30. The first kappa shape index (κ1) is 29.2. The van der Waals surface area contributed by atoms with Gasteiger partial charge in [0.2, 0.25) is 11.8 Å². The van der Waals surface area contributed by atoms with Gasteiger partial charge < -0.3 is 25.6 Å². The van der Waals surface area contributed by atoms with Crippen molar-refractivity contribution in [3.8, 4) is 5.75 Å². The quantitative estimate of drug-likeness (QED) is 0.271. The minimum Gasteiger partial charge on any atom is -0.494 e. The van der Waals surface area contributed by atoms with Gasteiger partial charge in [0.1, 0.15) is 11.8 Å². The molecule has 0 unspecified atom stereocenters. The highest BCUT2D eigenvalue weighted by atomic mass is 35.5. The van der Waals surface area contributed by atoms with Crippen molar-refractivity contribution >= 4 is 35.4 Å². The average molecular weight is 499 g/mol. The fraction of sp³-hybridized carbons (Fsp3) is 0.583. The molecule has 0 aliphatic rings. The molecule has 0 radical (unpaired) electrons. The fourth-order valence-corrected chi connectivity index (χ4v) is 3.36. The Labute approximate surface area is 205 Å². The average Bonchev–Trinajstić information content (AvgIpc) is 2.73. The zero-order valence-corrected chi connectivity index (χ0v) is 20.7. The summed E-state index contributed by atoms with van der Waals surface area (Å²) >= 11 is 5.84. The van der Waals surface area contributed by atoms with Crippen LogP contribution in [0.5, 0.6) is 5.75 Å². The van der Waals surface area contributed by atoms with E-state index < -0.39 is 41.1 Å². The largest absolute Gasteiger partial charge is 0.494 e. The maximum absolute atomic E-state index is 12.9. The highest BCUT2D eigenvalue weighted by Crippen LogP contribution is 2.22. The number of unbranched alkanes of at least 4 members (excludes halogenated alkanes) is 1. The number of amides is 2. The molecule has 4 N–H and O–H groups in total. The Kier molecular flexibility index (Phi) is 12.4. The lowest BCUT2D eigenvalue weighted by molar-refractivity contribution is -0.142. The van der Waals surface area contributed by atoms with Crippen LogP contribution in [0.1, 0.15) is 59.3 Å². The number of hydrogen-bond acceptors (Lipinski definition) is 5. The van der Waals surface area contributed by atoms with Crippen molar-refractivity contribution in [3.05, 3.63) is 29.3 Å². The van der Waals surface area contributed by atoms with Gasteiger partial charge in [-0.3, -0.25) is 19.2 Å². The molecule has 1 rings (SSSR count). The van der Waals surface area contributed by atoms with E-state index in [1.807, 2.05) is 0 Å². The van der Waals surface area contributed by atoms with Crippen LogP contribution in [0.15, 0.2) is 24.3 Å². The van der Waals surface area contributed by atoms with Crippen LogP contribution < -0.4 is 15.4 Å². The molecule has 0 heterocycles. The van der Waals surface area contributed by atoms with E-state index in [-0.39, 0.29) is 25.8 Å². The Morgan fingerprint density at radius 3 is 2.18 bits per heavy atom. The number of benzene rings is 1. The van der Waals surface area contributed by atoms with Crippen LogP contribution >= 0.6 is 11.6 Å². The molecule has 0 aromatic heterocycles. The third-order valence-electron chi connectivity index (χ3n) is 5.10. The minimum absolute atomic E-state index is 0.0742. The van der Waals surface area contributed by atoms with Crippen LogP contribution in [-0.4, -0.2) is 53.2 Å². The molecule has 2 amide bonds. The van der Waals surface area contributed by atoms with Crippen molar-refractivity contribution in [1.29, 1.82) is 0 Å². The molecule has 10 heteroatoms. The Balaban J connectivity index is 2.63. The van der Waals surface area contributed by atoms with E-state index in [0.29, 0.717) is 36.6 Å². The molecule has 0 aliphatic heterocycles. The first-order valence-corrected chi connectivity index (χ1v) is 11.7. The standard InChI is InChI=1S/C24H35ClN2O7/c1-24(2,3)21(23(33)26-13-6-8-19(28)29)27-22(32)16(15-20(30)31)7-4-5-14-34-18-11-9-17(25)10-12-18/h9-12,16,21H,4-8,13-15H2,1-3H3,(H,26,33)(H,27,32)(H,28,29)(H,30,31)/t16-,21-/m1/s1. The van der Waals surface area contributed by atoms with Gasteiger partial charge in [-0.1, -0.05) is 32.4 Å². The second-order valence-electron chi connectivity index (χ2n) is 9.19. The van der Waals surface area contributed by atoms with Crippen molar-refractivity contribution in [2.75, 3.05) is 13.2 Å². The van der Waals surface area contributed by atoms with Crippen molar-refractivity contribution in [2.24, 2.45) is 11.3 Å². The molecular formula is C24H35ClN2O7. The molecule has 2 atom stereocenters. The van der Waals surface area contributed by atoms with Crippen LogP contribution in [-0.2, 0) is 19.2 Å². The molecule has 1 aromatic carbocycles. The molecule has 0 fully saturated rings. The number of hydrogen-bond donors (Lipinski definition) is 4. The Bertz CT molecular complexity index is 822. The summed E-state index contributed by atoms with van der Waals surface area (Å²) in [6.07, 6.45) is 1.38. The first-order chi connectivity index (χ1) is 15.9. The van der Waals surface area contributed by atoms with Gasteiger partial charge in [0.25, 0.3) is 0 Å². The molecule has 1 aromatic rings. The third kappa shape index (κ3) is 11.9. The normalized spacial score (nSPS) is 12.9. The smallest absolute Gasteiger partial charge is 0.304 e. The predicted octanol–water partition coefficient (Wildman–Crippen LogP) is 3.49. The van der Waals surface area contributed by atoms with Gasteiger partial charge in [-0.2, -0.15) is 0 Å². The highest BCUT2D eigenvalue weighted by Gasteiger charge is 2.34. The van der Waals surface area contributed by atoms with Crippen LogP contribution in [0.4, 0.5) is 0 Å². The zero-order valence-electron chi connectivity index (χ0n) is 19.9. The predicted molar refractivity (Wildman–Crippen MR) is 128 cm³/mol. The number of carbonyl (C=O) groups is 4. The number of rotatable bonds is 15. The van der Waals surface area contributed by atoms with Gasteiger partial charge in [0, 0.05) is 23.9 Å². The van der Waals surface area contributed by atoms with Gasteiger partial charge in [-0.15, -0.1) is 0 Å². The summed E-state index contributed by atoms with van der Waals surface area (Å²) < 4.78 is 5.62. The van der Waals surface area contributed by atoms with Gasteiger partial charge >= 0.3 is 11.9 Å². The van der Waals surface area contributed by atoms with Crippen molar-refractivity contribution in [3.63, 3.8) is 0 Å². The SMILES string of the molecule is CC(C)(C)[C@H](NC(=O)[C@H](CCCCOc1ccc(Cl)cc1)CC(=O)O)C(=O)NCCCC(=O)O. The van der Waals surface area contributed by atoms with E-state index in [4.69, 9.17) is 21.4 Å². The molecule has 0 saturated heterocycles. The molecule has 34 heavy (non-hydrogen) atoms. The fourth-order valence-electron chi connectivity index (χ4n) is 3.24. The lowest BCUT2D eigenvalue weighted by Gasteiger charge is -2.31. The van der Waals surface area contributed by atoms with E-state index in [1.165, 1.54) is 0 Å². The Hall–Kier alpha value is -2.81. The van der Waals surface area contributed by atoms with Gasteiger partial charge in [0.05, 0.1) is 13.0 Å². The number of halogens is 1. The van der Waals surface area contributed by atoms with Gasteiger partial charge in [-0.05, 0) is 55.4 Å². The van der Waals surface area contributed by atoms with Gasteiger partial charge in [-0.25, -0.2) is 0 Å². The van der Waals surface area contributed by atoms with Gasteiger partial charge in [0.15, 0.2) is 0 Å². The van der Waals surface area contributed by atoms with Crippen molar-refractivity contribution < 1.29 is 34.1 Å². The third-order valence-corrected chi connectivity index (χ3v) is 5.35. The second-order valence-corrected chi connectivity index (χ2v) is 9.63. The van der Waals surface area contributed by atoms with Crippen molar-refractivity contribution in [1.82, 2.24) is 10.6 Å². The molecule has 9 nitrogen and oxygen atoms in total. The Morgan fingerprint density at radius 2 is 1.62 bits per heavy atom. The molecule has 0 bridgehead atoms. The maximum atomic E-state index is 12.9. The topological polar surface area (TPSA) is 142 Å². The van der Waals surface area contributed by atoms with E-state index in [9.17, 15) is 24.3 Å². The van der Waals surface area contributed by atoms with Crippen LogP contribution in [0.25, 0.3) is 0 Å². The molecule has 0 aliphatic carbocycles. The summed E-state index contributed by atoms with van der Waals surface area (Å²) in [4.78, 5) is 47.5. The van der Waals surface area contributed by atoms with E-state index in [0.717, 1.165) is 0 Å². The van der Waals surface area contributed by atoms with E-state index in [2.05, 4.69) is 10.6 Å². The number of nitrogens with one attached hydrogen (secondary N) is 2. The summed E-state index contributed by atoms with van der Waals surface area (Å²) in [7, 11) is 0. The molecule has 0 spiro atoms. The van der Waals surface area contributed by atoms with E-state index >= 15 is 0 Å². The number of aliphatic carboxylic acids is 2. The summed E-state index contributed by atoms with van der Waals surface area (Å²) in [6.45, 7) is 5.94. The summed E-state index contributed by atoms with van der Waals surface area (Å²) in [5.74, 6) is -3.10. The van der Waals surface area contributed by atoms with Crippen LogP contribution in [0.3, 0.4) is 0 Å². The Morgan fingerprint density at radius 1 is 0.971 bits per heavy atom. The second kappa shape index (κ2) is 14.5. The van der Waals surface area contributed by atoms with Crippen LogP contribution in [0, 0.1) is 11.3 Å². The summed E-state index contributed by atoms with van der Waals surface area (Å²) in [5, 5.41) is 23.9. The zero-order chi connectivity index (χ0) is 25.7. The maximum Gasteiger partial charge on any atom is 0.304 e. The first-order valence-electron chi connectivity index (χ1n) is 11.3. The summed E-state index contributed by atoms with van der Waals surface area (Å²) in [5.41, 5.74) is -0.632. The van der Waals surface area contributed by atoms with E-state index in [1.54, 1.807) is 45.0 Å². The minimum atomic E-state index is -1.09. The lowest BCUT2D eigenvalue weighted by atomic mass is 9.85. The van der Waals surface area contributed by atoms with Crippen LogP contribution in [0.2, 0.25) is 5.02 Å². The lowest BCUT2D eigenvalue weighted by Crippen LogP contribution is -2.55. The molecular weight excluding hydrogens is 464 g/mol. The molecule has 0 saturated carbocycles.